The molecule has 3 aromatic rings. The molecule has 3 rings (SSSR count). The van der Waals surface area contributed by atoms with Crippen LogP contribution < -0.4 is 19.1 Å². The van der Waals surface area contributed by atoms with Crippen LogP contribution in [0.2, 0.25) is 5.02 Å². The number of hydrogen-bond donors (Lipinski definition) is 1. The summed E-state index contributed by atoms with van der Waals surface area (Å²) in [6.45, 7) is -0.794. The molecule has 1 amide bonds. The summed E-state index contributed by atoms with van der Waals surface area (Å²) in [4.78, 5) is 12.4. The number of rotatable bonds is 8. The van der Waals surface area contributed by atoms with Crippen LogP contribution in [-0.2, 0) is 14.8 Å². The minimum atomic E-state index is -4.42. The summed E-state index contributed by atoms with van der Waals surface area (Å²) in [5.74, 6) is -3.59. The zero-order valence-corrected chi connectivity index (χ0v) is 19.4. The smallest absolute Gasteiger partial charge is 0.264 e. The largest absolute Gasteiger partial charge is 0.493 e. The highest BCUT2D eigenvalue weighted by Crippen LogP contribution is 2.33. The van der Waals surface area contributed by atoms with Gasteiger partial charge in [0.05, 0.1) is 29.8 Å². The van der Waals surface area contributed by atoms with Crippen molar-refractivity contribution in [2.24, 2.45) is 0 Å². The van der Waals surface area contributed by atoms with E-state index in [4.69, 9.17) is 21.1 Å². The molecule has 0 aliphatic rings. The molecule has 0 radical (unpaired) electrons. The molecular weight excluding hydrogens is 497 g/mol. The van der Waals surface area contributed by atoms with E-state index >= 15 is 0 Å². The Bertz CT molecular complexity index is 1340. The lowest BCUT2D eigenvalue weighted by Gasteiger charge is -2.25. The second-order valence-electron chi connectivity index (χ2n) is 6.80. The fourth-order valence-corrected chi connectivity index (χ4v) is 4.57. The van der Waals surface area contributed by atoms with Crippen LogP contribution in [-0.4, -0.2) is 35.1 Å². The standard InChI is InChI=1S/C22H18ClF3N2O5S/c1-32-20-8-5-15(11-21(20)33-2)34(30,31)28(14-4-7-17(24)16(23)10-14)12-22(29)27-13-3-6-18(25)19(26)9-13/h3-11H,12H2,1-2H3,(H,27,29). The van der Waals surface area contributed by atoms with Crippen LogP contribution in [0, 0.1) is 17.5 Å². The number of hydrogen-bond acceptors (Lipinski definition) is 5. The van der Waals surface area contributed by atoms with E-state index in [1.165, 1.54) is 32.4 Å². The maximum absolute atomic E-state index is 13.7. The molecule has 0 atom stereocenters. The van der Waals surface area contributed by atoms with E-state index in [9.17, 15) is 26.4 Å². The quantitative estimate of drug-likeness (QED) is 0.474. The van der Waals surface area contributed by atoms with Gasteiger partial charge in [0.2, 0.25) is 5.91 Å². The first kappa shape index (κ1) is 25.2. The first-order valence-corrected chi connectivity index (χ1v) is 11.3. The Morgan fingerprint density at radius 1 is 0.912 bits per heavy atom. The van der Waals surface area contributed by atoms with Crippen molar-refractivity contribution in [3.63, 3.8) is 0 Å². The molecule has 0 saturated heterocycles. The SMILES string of the molecule is COc1ccc(S(=O)(=O)N(CC(=O)Nc2ccc(F)c(F)c2)c2ccc(F)c(Cl)c2)cc1OC. The number of sulfonamides is 1. The summed E-state index contributed by atoms with van der Waals surface area (Å²) in [5.41, 5.74) is -0.203. The fourth-order valence-electron chi connectivity index (χ4n) is 2.96. The summed E-state index contributed by atoms with van der Waals surface area (Å²) in [6, 6.07) is 9.58. The van der Waals surface area contributed by atoms with Crippen molar-refractivity contribution in [3.05, 3.63) is 77.1 Å². The van der Waals surface area contributed by atoms with Crippen molar-refractivity contribution in [1.29, 1.82) is 0 Å². The van der Waals surface area contributed by atoms with Crippen LogP contribution in [0.1, 0.15) is 0 Å². The van der Waals surface area contributed by atoms with Gasteiger partial charge in [-0.1, -0.05) is 11.6 Å². The van der Waals surface area contributed by atoms with Crippen molar-refractivity contribution >= 4 is 38.9 Å². The number of carbonyl (C=O) groups excluding carboxylic acids is 1. The first-order valence-electron chi connectivity index (χ1n) is 9.51. The lowest BCUT2D eigenvalue weighted by molar-refractivity contribution is -0.114. The number of anilines is 2. The normalized spacial score (nSPS) is 11.1. The topological polar surface area (TPSA) is 84.9 Å². The summed E-state index contributed by atoms with van der Waals surface area (Å²) < 4.78 is 78.3. The van der Waals surface area contributed by atoms with Crippen LogP contribution in [0.4, 0.5) is 24.5 Å². The van der Waals surface area contributed by atoms with Gasteiger partial charge in [-0.05, 0) is 42.5 Å². The van der Waals surface area contributed by atoms with Crippen molar-refractivity contribution < 1.29 is 35.9 Å². The minimum absolute atomic E-state index is 0.0931. The third-order valence-electron chi connectivity index (χ3n) is 4.62. The van der Waals surface area contributed by atoms with Crippen LogP contribution >= 0.6 is 11.6 Å². The Morgan fingerprint density at radius 3 is 2.21 bits per heavy atom. The molecule has 7 nitrogen and oxygen atoms in total. The van der Waals surface area contributed by atoms with Crippen molar-refractivity contribution in [3.8, 4) is 11.5 Å². The molecule has 0 fully saturated rings. The molecule has 34 heavy (non-hydrogen) atoms. The predicted octanol–water partition coefficient (Wildman–Crippen LogP) is 4.61. The zero-order chi connectivity index (χ0) is 25.0. The Morgan fingerprint density at radius 2 is 1.59 bits per heavy atom. The number of nitrogens with zero attached hydrogens (tertiary/aromatic N) is 1. The summed E-state index contributed by atoms with van der Waals surface area (Å²) >= 11 is 5.83. The van der Waals surface area contributed by atoms with Crippen LogP contribution in [0.3, 0.4) is 0 Å². The predicted molar refractivity (Wildman–Crippen MR) is 120 cm³/mol. The average molecular weight is 515 g/mol. The maximum atomic E-state index is 13.7. The maximum Gasteiger partial charge on any atom is 0.264 e. The highest BCUT2D eigenvalue weighted by molar-refractivity contribution is 7.92. The van der Waals surface area contributed by atoms with Crippen LogP contribution in [0.25, 0.3) is 0 Å². The monoisotopic (exact) mass is 514 g/mol. The molecule has 0 unspecified atom stereocenters. The Kier molecular flexibility index (Phi) is 7.57. The van der Waals surface area contributed by atoms with Gasteiger partial charge in [0.1, 0.15) is 12.4 Å². The number of ether oxygens (including phenoxy) is 2. The molecule has 0 aliphatic carbocycles. The third kappa shape index (κ3) is 5.37. The highest BCUT2D eigenvalue weighted by Gasteiger charge is 2.29. The second-order valence-corrected chi connectivity index (χ2v) is 9.07. The number of carbonyl (C=O) groups is 1. The van der Waals surface area contributed by atoms with E-state index in [0.29, 0.717) is 4.31 Å². The Hall–Kier alpha value is -3.44. The first-order chi connectivity index (χ1) is 16.1. The lowest BCUT2D eigenvalue weighted by Crippen LogP contribution is -2.38. The number of methoxy groups -OCH3 is 2. The molecule has 0 heterocycles. The van der Waals surface area contributed by atoms with Crippen LogP contribution in [0.5, 0.6) is 11.5 Å². The lowest BCUT2D eigenvalue weighted by atomic mass is 10.3. The van der Waals surface area contributed by atoms with Gasteiger partial charge in [-0.25, -0.2) is 21.6 Å². The fraction of sp³-hybridized carbons (Fsp3) is 0.136. The molecule has 0 saturated carbocycles. The van der Waals surface area contributed by atoms with E-state index in [1.807, 2.05) is 0 Å². The van der Waals surface area contributed by atoms with Crippen molar-refractivity contribution in [2.45, 2.75) is 4.90 Å². The molecule has 3 aromatic carbocycles. The number of benzene rings is 3. The van der Waals surface area contributed by atoms with E-state index in [-0.39, 0.29) is 32.8 Å². The van der Waals surface area contributed by atoms with Gasteiger partial charge < -0.3 is 14.8 Å². The molecule has 0 spiro atoms. The van der Waals surface area contributed by atoms with Gasteiger partial charge >= 0.3 is 0 Å². The third-order valence-corrected chi connectivity index (χ3v) is 6.68. The Balaban J connectivity index is 2.02. The zero-order valence-electron chi connectivity index (χ0n) is 17.8. The summed E-state index contributed by atoms with van der Waals surface area (Å²) in [7, 11) is -1.72. The summed E-state index contributed by atoms with van der Waals surface area (Å²) in [5, 5.41) is 1.93. The molecule has 0 bridgehead atoms. The molecular formula is C22H18ClF3N2O5S. The summed E-state index contributed by atoms with van der Waals surface area (Å²) in [6.07, 6.45) is 0. The van der Waals surface area contributed by atoms with E-state index in [0.717, 1.165) is 36.4 Å². The van der Waals surface area contributed by atoms with E-state index in [2.05, 4.69) is 5.32 Å². The van der Waals surface area contributed by atoms with E-state index in [1.54, 1.807) is 0 Å². The molecule has 0 aliphatic heterocycles. The molecule has 12 heteroatoms. The minimum Gasteiger partial charge on any atom is -0.493 e. The van der Waals surface area contributed by atoms with Gasteiger partial charge in [-0.3, -0.25) is 9.10 Å². The Labute approximate surface area is 198 Å². The molecule has 0 aromatic heterocycles. The second kappa shape index (κ2) is 10.2. The number of nitrogens with one attached hydrogen (secondary N) is 1. The van der Waals surface area contributed by atoms with Crippen molar-refractivity contribution in [2.75, 3.05) is 30.4 Å². The number of halogens is 4. The van der Waals surface area contributed by atoms with Gasteiger partial charge in [0.15, 0.2) is 23.1 Å². The van der Waals surface area contributed by atoms with Gasteiger partial charge in [-0.2, -0.15) is 0 Å². The number of amides is 1. The average Bonchev–Trinajstić information content (AvgIpc) is 2.81. The van der Waals surface area contributed by atoms with E-state index < -0.39 is 39.9 Å². The molecule has 180 valence electrons. The van der Waals surface area contributed by atoms with Gasteiger partial charge in [0, 0.05) is 17.8 Å². The molecule has 1 N–H and O–H groups in total. The van der Waals surface area contributed by atoms with Crippen LogP contribution in [0.15, 0.2) is 59.5 Å². The van der Waals surface area contributed by atoms with Gasteiger partial charge in [0.25, 0.3) is 10.0 Å². The highest BCUT2D eigenvalue weighted by atomic mass is 35.5. The van der Waals surface area contributed by atoms with Gasteiger partial charge in [-0.15, -0.1) is 0 Å². The van der Waals surface area contributed by atoms with Crippen molar-refractivity contribution in [1.82, 2.24) is 0 Å².